The van der Waals surface area contributed by atoms with Gasteiger partial charge in [0.25, 0.3) is 5.91 Å². The minimum absolute atomic E-state index is 0.211. The largest absolute Gasteiger partial charge is 0.355 e. The number of nitrogens with zero attached hydrogens (tertiary/aromatic N) is 4. The number of nitrogens with one attached hydrogen (secondary N) is 1. The zero-order valence-corrected chi connectivity index (χ0v) is 13.1. The first-order chi connectivity index (χ1) is 11.3. The molecule has 0 atom stereocenters. The molecule has 6 nitrogen and oxygen atoms in total. The second-order valence-electron chi connectivity index (χ2n) is 5.70. The molecule has 23 heavy (non-hydrogen) atoms. The van der Waals surface area contributed by atoms with Crippen molar-refractivity contribution in [1.82, 2.24) is 20.3 Å². The van der Waals surface area contributed by atoms with Crippen molar-refractivity contribution >= 4 is 11.7 Å². The highest BCUT2D eigenvalue weighted by atomic mass is 16.1. The number of aromatic nitrogens is 3. The fraction of sp³-hybridized carbons (Fsp3) is 0.412. The molecule has 2 aromatic heterocycles. The Hall–Kier alpha value is -2.50. The van der Waals surface area contributed by atoms with E-state index in [9.17, 15) is 4.79 Å². The summed E-state index contributed by atoms with van der Waals surface area (Å²) in [5, 5.41) is 2.84. The molecule has 3 rings (SSSR count). The number of pyridine rings is 1. The molecule has 120 valence electrons. The van der Waals surface area contributed by atoms with Crippen LogP contribution in [-0.4, -0.2) is 33.9 Å². The first-order valence-corrected chi connectivity index (χ1v) is 8.07. The second kappa shape index (κ2) is 7.67. The van der Waals surface area contributed by atoms with Gasteiger partial charge in [0, 0.05) is 32.0 Å². The van der Waals surface area contributed by atoms with Crippen LogP contribution in [0.3, 0.4) is 0 Å². The van der Waals surface area contributed by atoms with Gasteiger partial charge in [-0.25, -0.2) is 9.97 Å². The summed E-state index contributed by atoms with van der Waals surface area (Å²) in [6, 6.07) is 3.74. The number of amides is 1. The molecule has 1 amide bonds. The zero-order valence-electron chi connectivity index (χ0n) is 13.1. The first-order valence-electron chi connectivity index (χ1n) is 8.07. The lowest BCUT2D eigenvalue weighted by Crippen LogP contribution is -2.27. The van der Waals surface area contributed by atoms with Crippen molar-refractivity contribution in [1.29, 1.82) is 0 Å². The molecule has 0 bridgehead atoms. The van der Waals surface area contributed by atoms with Gasteiger partial charge in [0.2, 0.25) is 0 Å². The van der Waals surface area contributed by atoms with Crippen LogP contribution in [-0.2, 0) is 6.54 Å². The minimum Gasteiger partial charge on any atom is -0.355 e. The molecule has 1 aliphatic heterocycles. The Balaban J connectivity index is 1.58. The Morgan fingerprint density at radius 3 is 2.43 bits per heavy atom. The zero-order chi connectivity index (χ0) is 15.9. The highest BCUT2D eigenvalue weighted by molar-refractivity contribution is 5.91. The van der Waals surface area contributed by atoms with E-state index in [4.69, 9.17) is 0 Å². The minimum atomic E-state index is -0.211. The standard InChI is InChI=1S/C17H21N5O/c23-17(21-11-14-5-7-18-8-6-14)15-12-20-16(13-19-15)22-9-3-1-2-4-10-22/h5-8,12-13H,1-4,9-11H2,(H,21,23). The van der Waals surface area contributed by atoms with E-state index >= 15 is 0 Å². The third-order valence-corrected chi connectivity index (χ3v) is 4.00. The molecule has 0 spiro atoms. The van der Waals surface area contributed by atoms with E-state index in [0.29, 0.717) is 12.2 Å². The quantitative estimate of drug-likeness (QED) is 0.937. The summed E-state index contributed by atoms with van der Waals surface area (Å²) in [6.45, 7) is 2.49. The van der Waals surface area contributed by atoms with E-state index in [-0.39, 0.29) is 5.91 Å². The SMILES string of the molecule is O=C(NCc1ccncc1)c1cnc(N2CCCCCC2)cn1. The fourth-order valence-corrected chi connectivity index (χ4v) is 2.68. The van der Waals surface area contributed by atoms with E-state index in [1.54, 1.807) is 24.8 Å². The van der Waals surface area contributed by atoms with E-state index in [2.05, 4.69) is 25.2 Å². The van der Waals surface area contributed by atoms with Crippen LogP contribution in [0.1, 0.15) is 41.7 Å². The molecule has 1 N–H and O–H groups in total. The molecule has 0 unspecified atom stereocenters. The van der Waals surface area contributed by atoms with Crippen LogP contribution in [0.25, 0.3) is 0 Å². The maximum absolute atomic E-state index is 12.1. The fourth-order valence-electron chi connectivity index (χ4n) is 2.68. The molecule has 2 aromatic rings. The molecule has 1 fully saturated rings. The lowest BCUT2D eigenvalue weighted by atomic mass is 10.2. The van der Waals surface area contributed by atoms with E-state index in [1.165, 1.54) is 25.7 Å². The van der Waals surface area contributed by atoms with Gasteiger partial charge in [-0.15, -0.1) is 0 Å². The lowest BCUT2D eigenvalue weighted by Gasteiger charge is -2.20. The Bertz CT molecular complexity index is 621. The van der Waals surface area contributed by atoms with Crippen LogP contribution in [0.4, 0.5) is 5.82 Å². The summed E-state index contributed by atoms with van der Waals surface area (Å²) in [5.41, 5.74) is 1.35. The molecule has 0 radical (unpaired) electrons. The maximum Gasteiger partial charge on any atom is 0.271 e. The highest BCUT2D eigenvalue weighted by Gasteiger charge is 2.13. The predicted octanol–water partition coefficient (Wildman–Crippen LogP) is 2.18. The number of carbonyl (C=O) groups is 1. The summed E-state index contributed by atoms with van der Waals surface area (Å²) >= 11 is 0. The van der Waals surface area contributed by atoms with Crippen molar-refractivity contribution in [2.45, 2.75) is 32.2 Å². The van der Waals surface area contributed by atoms with Gasteiger partial charge in [0.05, 0.1) is 12.4 Å². The van der Waals surface area contributed by atoms with Crippen LogP contribution >= 0.6 is 0 Å². The number of rotatable bonds is 4. The summed E-state index contributed by atoms with van der Waals surface area (Å²) in [6.07, 6.45) is 11.6. The Morgan fingerprint density at radius 1 is 1.04 bits per heavy atom. The Morgan fingerprint density at radius 2 is 1.78 bits per heavy atom. The van der Waals surface area contributed by atoms with Crippen LogP contribution in [0, 0.1) is 0 Å². The van der Waals surface area contributed by atoms with E-state index < -0.39 is 0 Å². The molecule has 0 aliphatic carbocycles. The third kappa shape index (κ3) is 4.25. The molecule has 1 saturated heterocycles. The molecular formula is C17H21N5O. The molecule has 1 aliphatic rings. The summed E-state index contributed by atoms with van der Waals surface area (Å²) < 4.78 is 0. The van der Waals surface area contributed by atoms with Crippen molar-refractivity contribution in [3.8, 4) is 0 Å². The third-order valence-electron chi connectivity index (χ3n) is 4.00. The van der Waals surface area contributed by atoms with Crippen molar-refractivity contribution in [3.63, 3.8) is 0 Å². The number of anilines is 1. The summed E-state index contributed by atoms with van der Waals surface area (Å²) in [5.74, 6) is 0.648. The van der Waals surface area contributed by atoms with Gasteiger partial charge < -0.3 is 10.2 Å². The lowest BCUT2D eigenvalue weighted by molar-refractivity contribution is 0.0945. The monoisotopic (exact) mass is 311 g/mol. The van der Waals surface area contributed by atoms with Crippen LogP contribution in [0.2, 0.25) is 0 Å². The van der Waals surface area contributed by atoms with Crippen molar-refractivity contribution < 1.29 is 4.79 Å². The second-order valence-corrected chi connectivity index (χ2v) is 5.70. The van der Waals surface area contributed by atoms with Gasteiger partial charge in [-0.1, -0.05) is 12.8 Å². The van der Waals surface area contributed by atoms with Gasteiger partial charge in [0.1, 0.15) is 11.5 Å². The van der Waals surface area contributed by atoms with Gasteiger partial charge in [-0.05, 0) is 30.5 Å². The first kappa shape index (κ1) is 15.4. The smallest absolute Gasteiger partial charge is 0.271 e. The Kier molecular flexibility index (Phi) is 5.13. The predicted molar refractivity (Wildman–Crippen MR) is 88.1 cm³/mol. The summed E-state index contributed by atoms with van der Waals surface area (Å²) in [4.78, 5) is 27.0. The van der Waals surface area contributed by atoms with E-state index in [0.717, 1.165) is 24.5 Å². The average Bonchev–Trinajstić information content (AvgIpc) is 2.90. The van der Waals surface area contributed by atoms with Gasteiger partial charge in [-0.2, -0.15) is 0 Å². The van der Waals surface area contributed by atoms with E-state index in [1.807, 2.05) is 12.1 Å². The van der Waals surface area contributed by atoms with Crippen molar-refractivity contribution in [2.24, 2.45) is 0 Å². The molecule has 0 aromatic carbocycles. The van der Waals surface area contributed by atoms with Crippen LogP contribution in [0.15, 0.2) is 36.9 Å². The van der Waals surface area contributed by atoms with Gasteiger partial charge in [-0.3, -0.25) is 9.78 Å². The van der Waals surface area contributed by atoms with Gasteiger partial charge in [0.15, 0.2) is 0 Å². The molecule has 3 heterocycles. The average molecular weight is 311 g/mol. The highest BCUT2D eigenvalue weighted by Crippen LogP contribution is 2.16. The molecule has 0 saturated carbocycles. The number of carbonyl (C=O) groups excluding carboxylic acids is 1. The Labute approximate surface area is 136 Å². The normalized spacial score (nSPS) is 15.0. The van der Waals surface area contributed by atoms with Crippen molar-refractivity contribution in [3.05, 3.63) is 48.2 Å². The van der Waals surface area contributed by atoms with Gasteiger partial charge >= 0.3 is 0 Å². The van der Waals surface area contributed by atoms with Crippen molar-refractivity contribution in [2.75, 3.05) is 18.0 Å². The molecule has 6 heteroatoms. The topological polar surface area (TPSA) is 71.0 Å². The number of hydrogen-bond donors (Lipinski definition) is 1. The maximum atomic E-state index is 12.1. The summed E-state index contributed by atoms with van der Waals surface area (Å²) in [7, 11) is 0. The molecular weight excluding hydrogens is 290 g/mol. The van der Waals surface area contributed by atoms with Crippen LogP contribution < -0.4 is 10.2 Å². The van der Waals surface area contributed by atoms with Crippen LogP contribution in [0.5, 0.6) is 0 Å². The number of hydrogen-bond acceptors (Lipinski definition) is 5.